The average molecular weight is 377 g/mol. The molecule has 0 aliphatic carbocycles. The molecule has 25 heavy (non-hydrogen) atoms. The Morgan fingerprint density at radius 2 is 2.04 bits per heavy atom. The first kappa shape index (κ1) is 19.7. The van der Waals surface area contributed by atoms with E-state index in [4.69, 9.17) is 4.74 Å². The van der Waals surface area contributed by atoms with E-state index in [1.54, 1.807) is 6.07 Å². The van der Waals surface area contributed by atoms with Gasteiger partial charge in [0, 0.05) is 29.3 Å². The van der Waals surface area contributed by atoms with Gasteiger partial charge >= 0.3 is 6.18 Å². The van der Waals surface area contributed by atoms with Gasteiger partial charge in [-0.3, -0.25) is 4.79 Å². The number of thiophene rings is 1. The highest BCUT2D eigenvalue weighted by Crippen LogP contribution is 2.35. The molecule has 1 heterocycles. The van der Waals surface area contributed by atoms with Gasteiger partial charge in [0.2, 0.25) is 0 Å². The first-order valence-electron chi connectivity index (χ1n) is 7.83. The Hall–Kier alpha value is -1.67. The van der Waals surface area contributed by atoms with Crippen LogP contribution in [-0.2, 0) is 11.3 Å². The molecule has 0 aliphatic rings. The number of unbranched alkanes of at least 4 members (excludes halogenated alkanes) is 1. The van der Waals surface area contributed by atoms with Crippen molar-refractivity contribution in [3.8, 4) is 0 Å². The highest BCUT2D eigenvalue weighted by Gasteiger charge is 2.34. The number of hydrogen-bond donors (Lipinski definition) is 0. The number of hydrogen-bond acceptors (Lipinski definition) is 3. The van der Waals surface area contributed by atoms with Gasteiger partial charge in [-0.15, -0.1) is 11.3 Å². The lowest BCUT2D eigenvalue weighted by molar-refractivity contribution is -0.140. The summed E-state index contributed by atoms with van der Waals surface area (Å²) in [7, 11) is 1.39. The Balaban J connectivity index is 2.47. The second kappa shape index (κ2) is 8.14. The summed E-state index contributed by atoms with van der Waals surface area (Å²) in [4.78, 5) is 13.6. The Kier molecular flexibility index (Phi) is 6.40. The van der Waals surface area contributed by atoms with Gasteiger partial charge in [-0.2, -0.15) is 13.2 Å². The summed E-state index contributed by atoms with van der Waals surface area (Å²) >= 11 is 0.995. The molecule has 1 aromatic carbocycles. The fourth-order valence-electron chi connectivity index (χ4n) is 2.58. The molecule has 1 amide bonds. The number of nitrogens with zero attached hydrogens (tertiary/aromatic N) is 1. The van der Waals surface area contributed by atoms with E-state index < -0.39 is 24.4 Å². The monoisotopic (exact) mass is 377 g/mol. The summed E-state index contributed by atoms with van der Waals surface area (Å²) in [6, 6.07) is 4.40. The number of benzene rings is 1. The molecule has 0 spiro atoms. The lowest BCUT2D eigenvalue weighted by Crippen LogP contribution is -2.39. The quantitative estimate of drug-likeness (QED) is 0.636. The van der Waals surface area contributed by atoms with Gasteiger partial charge in [0.1, 0.15) is 12.4 Å². The molecule has 138 valence electrons. The molecule has 0 aliphatic heterocycles. The van der Waals surface area contributed by atoms with Crippen molar-refractivity contribution in [2.75, 3.05) is 20.2 Å². The van der Waals surface area contributed by atoms with Crippen molar-refractivity contribution in [3.05, 3.63) is 34.5 Å². The lowest BCUT2D eigenvalue weighted by Gasteiger charge is -2.23. The van der Waals surface area contributed by atoms with Crippen LogP contribution in [0.2, 0.25) is 0 Å². The van der Waals surface area contributed by atoms with Crippen molar-refractivity contribution in [3.63, 3.8) is 0 Å². The molecule has 2 rings (SSSR count). The van der Waals surface area contributed by atoms with E-state index in [9.17, 15) is 22.4 Å². The smallest absolute Gasteiger partial charge is 0.380 e. The van der Waals surface area contributed by atoms with Gasteiger partial charge in [0.25, 0.3) is 5.91 Å². The van der Waals surface area contributed by atoms with Crippen molar-refractivity contribution in [1.29, 1.82) is 0 Å². The molecule has 0 radical (unpaired) electrons. The summed E-state index contributed by atoms with van der Waals surface area (Å²) in [6.45, 7) is 0.462. The fraction of sp³-hybridized carbons (Fsp3) is 0.471. The van der Waals surface area contributed by atoms with Crippen LogP contribution in [0.15, 0.2) is 18.2 Å². The van der Waals surface area contributed by atoms with Gasteiger partial charge in [-0.25, -0.2) is 4.39 Å². The summed E-state index contributed by atoms with van der Waals surface area (Å²) in [6.07, 6.45) is -3.37. The predicted octanol–water partition coefficient (Wildman–Crippen LogP) is 4.99. The van der Waals surface area contributed by atoms with Crippen LogP contribution in [0.3, 0.4) is 0 Å². The van der Waals surface area contributed by atoms with E-state index in [-0.39, 0.29) is 23.4 Å². The van der Waals surface area contributed by atoms with Gasteiger partial charge in [-0.1, -0.05) is 19.4 Å². The molecular formula is C17H19F4NO2S. The molecule has 0 saturated carbocycles. The number of rotatable bonds is 7. The van der Waals surface area contributed by atoms with Crippen molar-refractivity contribution >= 4 is 27.3 Å². The molecule has 0 saturated heterocycles. The second-order valence-electron chi connectivity index (χ2n) is 5.65. The Morgan fingerprint density at radius 1 is 1.32 bits per heavy atom. The summed E-state index contributed by atoms with van der Waals surface area (Å²) < 4.78 is 58.3. The maximum atomic E-state index is 14.2. The van der Waals surface area contributed by atoms with Crippen LogP contribution in [0, 0.1) is 5.82 Å². The number of carbonyl (C=O) groups excluding carboxylic acids is 1. The number of amides is 1. The van der Waals surface area contributed by atoms with Crippen LogP contribution >= 0.6 is 11.3 Å². The zero-order valence-electron chi connectivity index (χ0n) is 14.0. The zero-order valence-corrected chi connectivity index (χ0v) is 14.8. The Morgan fingerprint density at radius 3 is 2.64 bits per heavy atom. The highest BCUT2D eigenvalue weighted by atomic mass is 32.1. The fourth-order valence-corrected chi connectivity index (χ4v) is 3.77. The second-order valence-corrected chi connectivity index (χ2v) is 6.70. The molecule has 0 bridgehead atoms. The van der Waals surface area contributed by atoms with Crippen LogP contribution in [-0.4, -0.2) is 37.2 Å². The summed E-state index contributed by atoms with van der Waals surface area (Å²) in [5.41, 5.74) is 0.300. The largest absolute Gasteiger partial charge is 0.406 e. The normalized spacial score (nSPS) is 11.9. The van der Waals surface area contributed by atoms with Crippen molar-refractivity contribution < 1.29 is 27.1 Å². The van der Waals surface area contributed by atoms with Crippen LogP contribution in [0.4, 0.5) is 17.6 Å². The molecule has 0 N–H and O–H groups in total. The first-order valence-corrected chi connectivity index (χ1v) is 8.65. The van der Waals surface area contributed by atoms with E-state index in [1.807, 2.05) is 6.92 Å². The van der Waals surface area contributed by atoms with E-state index in [2.05, 4.69) is 0 Å². The van der Waals surface area contributed by atoms with Crippen LogP contribution in [0.5, 0.6) is 0 Å². The Bertz CT molecular complexity index is 742. The highest BCUT2D eigenvalue weighted by molar-refractivity contribution is 7.21. The predicted molar refractivity (Wildman–Crippen MR) is 89.4 cm³/mol. The van der Waals surface area contributed by atoms with Crippen molar-refractivity contribution in [1.82, 2.24) is 4.90 Å². The average Bonchev–Trinajstić information content (AvgIpc) is 2.90. The van der Waals surface area contributed by atoms with E-state index in [0.29, 0.717) is 23.1 Å². The van der Waals surface area contributed by atoms with Gasteiger partial charge in [0.05, 0.1) is 11.5 Å². The van der Waals surface area contributed by atoms with Gasteiger partial charge in [0.15, 0.2) is 0 Å². The van der Waals surface area contributed by atoms with Crippen LogP contribution in [0.1, 0.15) is 35.0 Å². The SMILES string of the molecule is CCCCN(CC(F)(F)F)C(=O)c1sc2cccc(F)c2c1COC. The number of carbonyl (C=O) groups is 1. The molecule has 2 aromatic rings. The summed E-state index contributed by atoms with van der Waals surface area (Å²) in [5, 5.41) is 0.236. The number of methoxy groups -OCH3 is 1. The van der Waals surface area contributed by atoms with Crippen LogP contribution < -0.4 is 0 Å². The molecule has 0 unspecified atom stereocenters. The number of alkyl halides is 3. The van der Waals surface area contributed by atoms with E-state index in [0.717, 1.165) is 16.2 Å². The first-order chi connectivity index (χ1) is 11.8. The minimum atomic E-state index is -4.49. The molecule has 8 heteroatoms. The van der Waals surface area contributed by atoms with E-state index in [1.165, 1.54) is 19.2 Å². The number of ether oxygens (including phenoxy) is 1. The number of halogens is 4. The van der Waals surface area contributed by atoms with Crippen LogP contribution in [0.25, 0.3) is 10.1 Å². The van der Waals surface area contributed by atoms with Crippen molar-refractivity contribution in [2.45, 2.75) is 32.5 Å². The maximum absolute atomic E-state index is 14.2. The van der Waals surface area contributed by atoms with E-state index >= 15 is 0 Å². The minimum absolute atomic E-state index is 0.00199. The minimum Gasteiger partial charge on any atom is -0.380 e. The van der Waals surface area contributed by atoms with Crippen molar-refractivity contribution in [2.24, 2.45) is 0 Å². The molecule has 1 aromatic heterocycles. The Labute approximate surface area is 147 Å². The third kappa shape index (κ3) is 4.70. The molecular weight excluding hydrogens is 358 g/mol. The summed E-state index contributed by atoms with van der Waals surface area (Å²) in [5.74, 6) is -1.26. The standard InChI is InChI=1S/C17H19F4NO2S/c1-3-4-8-22(10-17(19,20)21)16(23)15-11(9-24-2)14-12(18)6-5-7-13(14)25-15/h5-7H,3-4,8-10H2,1-2H3. The molecule has 3 nitrogen and oxygen atoms in total. The third-order valence-electron chi connectivity index (χ3n) is 3.69. The topological polar surface area (TPSA) is 29.5 Å². The third-order valence-corrected chi connectivity index (χ3v) is 4.87. The van der Waals surface area contributed by atoms with Gasteiger partial charge in [-0.05, 0) is 18.6 Å². The lowest BCUT2D eigenvalue weighted by atomic mass is 10.1. The molecule has 0 atom stereocenters. The maximum Gasteiger partial charge on any atom is 0.406 e. The molecule has 0 fully saturated rings. The zero-order chi connectivity index (χ0) is 18.6. The number of fused-ring (bicyclic) bond motifs is 1. The van der Waals surface area contributed by atoms with Gasteiger partial charge < -0.3 is 9.64 Å².